The first-order chi connectivity index (χ1) is 9.30. The molecule has 0 radical (unpaired) electrons. The van der Waals surface area contributed by atoms with E-state index in [0.717, 1.165) is 5.69 Å². The first-order valence-electron chi connectivity index (χ1n) is 6.19. The zero-order valence-corrected chi connectivity index (χ0v) is 11.0. The summed E-state index contributed by atoms with van der Waals surface area (Å²) in [5, 5.41) is 16.8. The predicted octanol–water partition coefficient (Wildman–Crippen LogP) is 1.56. The fraction of sp³-hybridized carbons (Fsp3) is 0.385. The number of benzene rings is 1. The van der Waals surface area contributed by atoms with Gasteiger partial charge in [0.05, 0.1) is 18.9 Å². The normalized spacial score (nSPS) is 10.5. The highest BCUT2D eigenvalue weighted by Gasteiger charge is 2.10. The van der Waals surface area contributed by atoms with Gasteiger partial charge < -0.3 is 14.6 Å². The quantitative estimate of drug-likeness (QED) is 0.856. The van der Waals surface area contributed by atoms with E-state index in [1.165, 1.54) is 0 Å². The van der Waals surface area contributed by atoms with Crippen LogP contribution >= 0.6 is 0 Å². The maximum absolute atomic E-state index is 9.20. The van der Waals surface area contributed by atoms with E-state index in [4.69, 9.17) is 9.47 Å². The van der Waals surface area contributed by atoms with Crippen molar-refractivity contribution in [3.8, 4) is 17.2 Å². The first kappa shape index (κ1) is 13.4. The lowest BCUT2D eigenvalue weighted by Gasteiger charge is -2.13. The van der Waals surface area contributed by atoms with Gasteiger partial charge in [-0.25, -0.2) is 0 Å². The lowest BCUT2D eigenvalue weighted by molar-refractivity contribution is 0.268. The van der Waals surface area contributed by atoms with E-state index in [1.54, 1.807) is 10.9 Å². The molecule has 0 amide bonds. The Morgan fingerprint density at radius 1 is 1.16 bits per heavy atom. The van der Waals surface area contributed by atoms with Crippen LogP contribution in [-0.4, -0.2) is 33.1 Å². The third kappa shape index (κ3) is 2.85. The number of nitrogens with zero attached hydrogens (tertiary/aromatic N) is 3. The van der Waals surface area contributed by atoms with Crippen molar-refractivity contribution in [2.24, 2.45) is 0 Å². The Morgan fingerprint density at radius 2 is 1.89 bits per heavy atom. The largest absolute Gasteiger partial charge is 0.490 e. The number of aliphatic hydroxyl groups is 1. The number of hydrogen-bond donors (Lipinski definition) is 1. The summed E-state index contributed by atoms with van der Waals surface area (Å²) >= 11 is 0. The molecule has 0 saturated carbocycles. The number of aromatic nitrogens is 3. The van der Waals surface area contributed by atoms with E-state index in [-0.39, 0.29) is 6.61 Å². The van der Waals surface area contributed by atoms with Crippen LogP contribution in [0.2, 0.25) is 0 Å². The number of rotatable bonds is 6. The van der Waals surface area contributed by atoms with Gasteiger partial charge in [-0.05, 0) is 26.0 Å². The van der Waals surface area contributed by atoms with Crippen LogP contribution in [0.3, 0.4) is 0 Å². The average Bonchev–Trinajstić information content (AvgIpc) is 2.89. The maximum Gasteiger partial charge on any atom is 0.163 e. The van der Waals surface area contributed by atoms with Crippen LogP contribution in [0.5, 0.6) is 11.5 Å². The fourth-order valence-electron chi connectivity index (χ4n) is 1.77. The van der Waals surface area contributed by atoms with E-state index >= 15 is 0 Å². The summed E-state index contributed by atoms with van der Waals surface area (Å²) < 4.78 is 12.8. The zero-order chi connectivity index (χ0) is 13.7. The third-order valence-corrected chi connectivity index (χ3v) is 2.56. The number of ether oxygens (including phenoxy) is 2. The summed E-state index contributed by atoms with van der Waals surface area (Å²) in [4.78, 5) is 0. The molecule has 0 unspecified atom stereocenters. The summed E-state index contributed by atoms with van der Waals surface area (Å²) in [7, 11) is 0. The monoisotopic (exact) mass is 263 g/mol. The minimum absolute atomic E-state index is 0.169. The Bertz CT molecular complexity index is 540. The molecule has 0 fully saturated rings. The van der Waals surface area contributed by atoms with Crippen LogP contribution in [0.4, 0.5) is 0 Å². The van der Waals surface area contributed by atoms with Gasteiger partial charge in [-0.15, -0.1) is 10.2 Å². The van der Waals surface area contributed by atoms with E-state index < -0.39 is 0 Å². The van der Waals surface area contributed by atoms with Crippen LogP contribution in [-0.2, 0) is 6.61 Å². The molecular weight excluding hydrogens is 246 g/mol. The van der Waals surface area contributed by atoms with Crippen molar-refractivity contribution in [1.29, 1.82) is 0 Å². The van der Waals surface area contributed by atoms with E-state index in [0.29, 0.717) is 30.5 Å². The second kappa shape index (κ2) is 6.19. The van der Waals surface area contributed by atoms with E-state index in [2.05, 4.69) is 10.2 Å². The van der Waals surface area contributed by atoms with Gasteiger partial charge >= 0.3 is 0 Å². The Hall–Kier alpha value is -2.08. The molecule has 102 valence electrons. The summed E-state index contributed by atoms with van der Waals surface area (Å²) in [6.45, 7) is 4.80. The molecule has 2 rings (SSSR count). The lowest BCUT2D eigenvalue weighted by atomic mass is 10.2. The Kier molecular flexibility index (Phi) is 4.35. The Labute approximate surface area is 111 Å². The molecule has 0 aliphatic rings. The highest BCUT2D eigenvalue weighted by Crippen LogP contribution is 2.30. The van der Waals surface area contributed by atoms with Crippen LogP contribution in [0.15, 0.2) is 24.5 Å². The molecule has 0 aliphatic carbocycles. The molecule has 6 heteroatoms. The summed E-state index contributed by atoms with van der Waals surface area (Å²) in [6, 6.07) is 5.55. The smallest absolute Gasteiger partial charge is 0.163 e. The van der Waals surface area contributed by atoms with Gasteiger partial charge in [0.1, 0.15) is 12.9 Å². The van der Waals surface area contributed by atoms with Crippen molar-refractivity contribution in [2.45, 2.75) is 20.5 Å². The maximum atomic E-state index is 9.20. The molecule has 6 nitrogen and oxygen atoms in total. The highest BCUT2D eigenvalue weighted by atomic mass is 16.5. The van der Waals surface area contributed by atoms with Gasteiger partial charge in [0.25, 0.3) is 0 Å². The second-order valence-corrected chi connectivity index (χ2v) is 3.77. The summed E-state index contributed by atoms with van der Waals surface area (Å²) in [5.74, 6) is 1.85. The Morgan fingerprint density at radius 3 is 2.58 bits per heavy atom. The van der Waals surface area contributed by atoms with Gasteiger partial charge in [0.15, 0.2) is 17.3 Å². The van der Waals surface area contributed by atoms with Crippen molar-refractivity contribution in [2.75, 3.05) is 13.2 Å². The molecule has 1 aromatic carbocycles. The molecule has 0 spiro atoms. The van der Waals surface area contributed by atoms with E-state index in [1.807, 2.05) is 32.0 Å². The minimum Gasteiger partial charge on any atom is -0.490 e. The molecule has 1 heterocycles. The van der Waals surface area contributed by atoms with Crippen LogP contribution in [0.1, 0.15) is 19.7 Å². The SMILES string of the molecule is CCOc1ccc(-n2cnnc2CO)cc1OCC. The van der Waals surface area contributed by atoms with E-state index in [9.17, 15) is 5.11 Å². The third-order valence-electron chi connectivity index (χ3n) is 2.56. The van der Waals surface area contributed by atoms with Gasteiger partial charge in [-0.2, -0.15) is 0 Å². The molecule has 0 aliphatic heterocycles. The topological polar surface area (TPSA) is 69.4 Å². The van der Waals surface area contributed by atoms with Crippen molar-refractivity contribution < 1.29 is 14.6 Å². The lowest BCUT2D eigenvalue weighted by Crippen LogP contribution is -2.03. The average molecular weight is 263 g/mol. The zero-order valence-electron chi connectivity index (χ0n) is 11.0. The molecular formula is C13H17N3O3. The van der Waals surface area contributed by atoms with Gasteiger partial charge in [0.2, 0.25) is 0 Å². The molecule has 2 aromatic rings. The number of aliphatic hydroxyl groups excluding tert-OH is 1. The van der Waals surface area contributed by atoms with Crippen molar-refractivity contribution in [3.63, 3.8) is 0 Å². The molecule has 1 N–H and O–H groups in total. The van der Waals surface area contributed by atoms with Gasteiger partial charge in [-0.1, -0.05) is 0 Å². The molecule has 0 atom stereocenters. The van der Waals surface area contributed by atoms with Gasteiger partial charge in [-0.3, -0.25) is 4.57 Å². The molecule has 1 aromatic heterocycles. The molecule has 0 bridgehead atoms. The summed E-state index contributed by atoms with van der Waals surface area (Å²) in [6.07, 6.45) is 1.55. The van der Waals surface area contributed by atoms with Gasteiger partial charge in [0, 0.05) is 6.07 Å². The summed E-state index contributed by atoms with van der Waals surface area (Å²) in [5.41, 5.74) is 0.820. The van der Waals surface area contributed by atoms with Crippen molar-refractivity contribution in [3.05, 3.63) is 30.4 Å². The van der Waals surface area contributed by atoms with Crippen LogP contribution < -0.4 is 9.47 Å². The van der Waals surface area contributed by atoms with Crippen LogP contribution in [0.25, 0.3) is 5.69 Å². The fourth-order valence-corrected chi connectivity index (χ4v) is 1.77. The minimum atomic E-state index is -0.169. The van der Waals surface area contributed by atoms with Crippen molar-refractivity contribution >= 4 is 0 Å². The Balaban J connectivity index is 2.39. The van der Waals surface area contributed by atoms with Crippen LogP contribution in [0, 0.1) is 0 Å². The van der Waals surface area contributed by atoms with Crippen molar-refractivity contribution in [1.82, 2.24) is 14.8 Å². The predicted molar refractivity (Wildman–Crippen MR) is 69.6 cm³/mol. The first-order valence-corrected chi connectivity index (χ1v) is 6.19. The number of hydrogen-bond acceptors (Lipinski definition) is 5. The second-order valence-electron chi connectivity index (χ2n) is 3.77. The molecule has 0 saturated heterocycles. The highest BCUT2D eigenvalue weighted by molar-refractivity contribution is 5.49. The standard InChI is InChI=1S/C13H17N3O3/c1-3-18-11-6-5-10(7-12(11)19-4-2)16-9-14-15-13(16)8-17/h5-7,9,17H,3-4,8H2,1-2H3. The molecule has 19 heavy (non-hydrogen) atoms.